The van der Waals surface area contributed by atoms with Crippen LogP contribution in [0.3, 0.4) is 0 Å². The molecule has 0 aliphatic carbocycles. The maximum atomic E-state index is 11.3. The summed E-state index contributed by atoms with van der Waals surface area (Å²) in [6, 6.07) is 4.01. The molecule has 2 rings (SSSR count). The monoisotopic (exact) mass is 249 g/mol. The molecule has 0 saturated heterocycles. The van der Waals surface area contributed by atoms with E-state index in [1.165, 1.54) is 11.3 Å². The van der Waals surface area contributed by atoms with Crippen LogP contribution in [-0.4, -0.2) is 15.6 Å². The van der Waals surface area contributed by atoms with Crippen LogP contribution in [0, 0.1) is 27.7 Å². The van der Waals surface area contributed by atoms with Crippen LogP contribution in [0.4, 0.5) is 0 Å². The summed E-state index contributed by atoms with van der Waals surface area (Å²) < 4.78 is 2.02. The van der Waals surface area contributed by atoms with Gasteiger partial charge in [-0.05, 0) is 45.4 Å². The number of carbonyl (C=O) groups is 1. The van der Waals surface area contributed by atoms with Gasteiger partial charge in [0.1, 0.15) is 4.88 Å². The standard InChI is InChI=1S/C13H15NO2S/c1-7-5-6-8(2)14(7)11-9(3)10(4)17-12(11)13(15)16/h5-6H,1-4H3,(H,15,16). The molecule has 17 heavy (non-hydrogen) atoms. The van der Waals surface area contributed by atoms with Gasteiger partial charge in [0.25, 0.3) is 0 Å². The highest BCUT2D eigenvalue weighted by molar-refractivity contribution is 7.14. The minimum absolute atomic E-state index is 0.419. The van der Waals surface area contributed by atoms with Crippen molar-refractivity contribution in [2.75, 3.05) is 0 Å². The second-order valence-corrected chi connectivity index (χ2v) is 5.44. The molecule has 2 aromatic rings. The van der Waals surface area contributed by atoms with Crippen LogP contribution in [0.15, 0.2) is 12.1 Å². The van der Waals surface area contributed by atoms with Crippen molar-refractivity contribution >= 4 is 17.3 Å². The van der Waals surface area contributed by atoms with Crippen molar-refractivity contribution in [3.05, 3.63) is 38.8 Å². The van der Waals surface area contributed by atoms with Gasteiger partial charge < -0.3 is 9.67 Å². The number of hydrogen-bond donors (Lipinski definition) is 1. The number of carboxylic acid groups (broad SMARTS) is 1. The molecule has 0 aliphatic rings. The second-order valence-electron chi connectivity index (χ2n) is 4.22. The summed E-state index contributed by atoms with van der Waals surface area (Å²) in [5.74, 6) is -0.853. The molecular formula is C13H15NO2S. The number of nitrogens with zero attached hydrogens (tertiary/aromatic N) is 1. The fraction of sp³-hybridized carbons (Fsp3) is 0.308. The van der Waals surface area contributed by atoms with Crippen LogP contribution >= 0.6 is 11.3 Å². The Morgan fingerprint density at radius 1 is 1.18 bits per heavy atom. The normalized spacial score (nSPS) is 10.8. The summed E-state index contributed by atoms with van der Waals surface area (Å²) in [5.41, 5.74) is 3.99. The fourth-order valence-corrected chi connectivity index (χ4v) is 3.03. The van der Waals surface area contributed by atoms with Gasteiger partial charge in [-0.3, -0.25) is 0 Å². The van der Waals surface area contributed by atoms with Crippen molar-refractivity contribution in [2.24, 2.45) is 0 Å². The summed E-state index contributed by atoms with van der Waals surface area (Å²) in [4.78, 5) is 12.8. The van der Waals surface area contributed by atoms with E-state index in [1.807, 2.05) is 44.4 Å². The highest BCUT2D eigenvalue weighted by Gasteiger charge is 2.21. The Labute approximate surface area is 104 Å². The number of rotatable bonds is 2. The predicted molar refractivity (Wildman–Crippen MR) is 69.6 cm³/mol. The van der Waals surface area contributed by atoms with Gasteiger partial charge in [0.05, 0.1) is 5.69 Å². The first kappa shape index (κ1) is 11.9. The van der Waals surface area contributed by atoms with Gasteiger partial charge in [0.15, 0.2) is 0 Å². The molecule has 0 spiro atoms. The molecule has 0 saturated carbocycles. The van der Waals surface area contributed by atoms with Crippen LogP contribution in [0.5, 0.6) is 0 Å². The maximum Gasteiger partial charge on any atom is 0.348 e. The summed E-state index contributed by atoms with van der Waals surface area (Å²) in [6.07, 6.45) is 0. The third kappa shape index (κ3) is 1.78. The van der Waals surface area contributed by atoms with E-state index >= 15 is 0 Å². The topological polar surface area (TPSA) is 42.2 Å². The summed E-state index contributed by atoms with van der Waals surface area (Å²) in [5, 5.41) is 9.28. The Morgan fingerprint density at radius 2 is 1.71 bits per heavy atom. The van der Waals surface area contributed by atoms with Crippen molar-refractivity contribution in [3.63, 3.8) is 0 Å². The lowest BCUT2D eigenvalue weighted by Crippen LogP contribution is -2.05. The maximum absolute atomic E-state index is 11.3. The van der Waals surface area contributed by atoms with Crippen molar-refractivity contribution in [2.45, 2.75) is 27.7 Å². The Morgan fingerprint density at radius 3 is 2.18 bits per heavy atom. The highest BCUT2D eigenvalue weighted by Crippen LogP contribution is 2.32. The molecule has 0 aliphatic heterocycles. The van der Waals surface area contributed by atoms with E-state index in [1.54, 1.807) is 0 Å². The number of thiophene rings is 1. The molecule has 0 fully saturated rings. The van der Waals surface area contributed by atoms with E-state index in [9.17, 15) is 9.90 Å². The molecule has 2 aromatic heterocycles. The molecule has 0 unspecified atom stereocenters. The predicted octanol–water partition coefficient (Wildman–Crippen LogP) is 3.47. The number of hydrogen-bond acceptors (Lipinski definition) is 2. The lowest BCUT2D eigenvalue weighted by Gasteiger charge is -2.10. The number of aromatic carboxylic acids is 1. The van der Waals surface area contributed by atoms with Gasteiger partial charge in [0.2, 0.25) is 0 Å². The second kappa shape index (κ2) is 4.04. The van der Waals surface area contributed by atoms with Crippen LogP contribution in [-0.2, 0) is 0 Å². The lowest BCUT2D eigenvalue weighted by atomic mass is 10.2. The zero-order valence-corrected chi connectivity index (χ0v) is 11.2. The summed E-state index contributed by atoms with van der Waals surface area (Å²) in [7, 11) is 0. The van der Waals surface area contributed by atoms with Crippen molar-refractivity contribution in [3.8, 4) is 5.69 Å². The number of carboxylic acids is 1. The molecule has 90 valence electrons. The minimum atomic E-state index is -0.853. The van der Waals surface area contributed by atoms with Crippen molar-refractivity contribution in [1.29, 1.82) is 0 Å². The number of aromatic nitrogens is 1. The average Bonchev–Trinajstić information content (AvgIpc) is 2.71. The van der Waals surface area contributed by atoms with Gasteiger partial charge in [-0.15, -0.1) is 11.3 Å². The molecule has 0 aromatic carbocycles. The quantitative estimate of drug-likeness (QED) is 0.885. The third-order valence-corrected chi connectivity index (χ3v) is 4.23. The Hall–Kier alpha value is -1.55. The first-order valence-electron chi connectivity index (χ1n) is 5.42. The van der Waals surface area contributed by atoms with E-state index in [2.05, 4.69) is 0 Å². The lowest BCUT2D eigenvalue weighted by molar-refractivity contribution is 0.0702. The average molecular weight is 249 g/mol. The zero-order chi connectivity index (χ0) is 12.7. The largest absolute Gasteiger partial charge is 0.477 e. The smallest absolute Gasteiger partial charge is 0.348 e. The Bertz CT molecular complexity index is 573. The van der Waals surface area contributed by atoms with Crippen LogP contribution in [0.2, 0.25) is 0 Å². The van der Waals surface area contributed by atoms with Gasteiger partial charge in [0, 0.05) is 16.3 Å². The molecular weight excluding hydrogens is 234 g/mol. The van der Waals surface area contributed by atoms with Crippen molar-refractivity contribution < 1.29 is 9.90 Å². The molecule has 2 heterocycles. The molecule has 3 nitrogen and oxygen atoms in total. The van der Waals surface area contributed by atoms with E-state index in [0.29, 0.717) is 4.88 Å². The van der Waals surface area contributed by atoms with Gasteiger partial charge in [-0.1, -0.05) is 0 Å². The third-order valence-electron chi connectivity index (χ3n) is 3.04. The molecule has 1 N–H and O–H groups in total. The summed E-state index contributed by atoms with van der Waals surface area (Å²) in [6.45, 7) is 7.92. The molecule has 0 atom stereocenters. The first-order chi connectivity index (χ1) is 7.93. The molecule has 4 heteroatoms. The molecule has 0 radical (unpaired) electrons. The zero-order valence-electron chi connectivity index (χ0n) is 10.4. The highest BCUT2D eigenvalue weighted by atomic mass is 32.1. The Kier molecular flexibility index (Phi) is 2.83. The van der Waals surface area contributed by atoms with E-state index < -0.39 is 5.97 Å². The summed E-state index contributed by atoms with van der Waals surface area (Å²) >= 11 is 1.34. The van der Waals surface area contributed by atoms with E-state index in [-0.39, 0.29) is 0 Å². The van der Waals surface area contributed by atoms with Crippen LogP contribution in [0.1, 0.15) is 31.5 Å². The molecule has 0 bridgehead atoms. The van der Waals surface area contributed by atoms with E-state index in [0.717, 1.165) is 27.5 Å². The van der Waals surface area contributed by atoms with Gasteiger partial charge >= 0.3 is 5.97 Å². The van der Waals surface area contributed by atoms with Crippen LogP contribution in [0.25, 0.3) is 5.69 Å². The Balaban J connectivity index is 2.79. The van der Waals surface area contributed by atoms with Crippen LogP contribution < -0.4 is 0 Å². The van der Waals surface area contributed by atoms with Gasteiger partial charge in [-0.25, -0.2) is 4.79 Å². The number of aryl methyl sites for hydroxylation is 3. The van der Waals surface area contributed by atoms with E-state index in [4.69, 9.17) is 0 Å². The van der Waals surface area contributed by atoms with Crippen molar-refractivity contribution in [1.82, 2.24) is 4.57 Å². The SMILES string of the molecule is Cc1sc(C(=O)O)c(-n2c(C)ccc2C)c1C. The first-order valence-corrected chi connectivity index (χ1v) is 6.23. The van der Waals surface area contributed by atoms with Gasteiger partial charge in [-0.2, -0.15) is 0 Å². The minimum Gasteiger partial charge on any atom is -0.477 e. The fourth-order valence-electron chi connectivity index (χ4n) is 2.05. The molecule has 0 amide bonds.